The number of rotatable bonds is 7. The molecule has 0 fully saturated rings. The molecular formula is C30H31BrN2O6. The van der Waals surface area contributed by atoms with E-state index in [1.807, 2.05) is 48.5 Å². The van der Waals surface area contributed by atoms with Crippen molar-refractivity contribution in [2.24, 2.45) is 0 Å². The molecule has 3 aromatic rings. The Labute approximate surface area is 236 Å². The molecule has 204 valence electrons. The van der Waals surface area contributed by atoms with Crippen LogP contribution in [0.3, 0.4) is 0 Å². The van der Waals surface area contributed by atoms with Gasteiger partial charge in [0.2, 0.25) is 5.75 Å². The van der Waals surface area contributed by atoms with Crippen molar-refractivity contribution < 1.29 is 28.5 Å². The summed E-state index contributed by atoms with van der Waals surface area (Å²) in [5.41, 5.74) is 5.19. The smallest absolute Gasteiger partial charge is 0.203 e. The lowest BCUT2D eigenvalue weighted by molar-refractivity contribution is -0.116. The summed E-state index contributed by atoms with van der Waals surface area (Å²) in [5.74, 6) is 2.80. The van der Waals surface area contributed by atoms with Crippen molar-refractivity contribution in [3.63, 3.8) is 0 Å². The molecule has 39 heavy (non-hydrogen) atoms. The zero-order chi connectivity index (χ0) is 27.7. The average Bonchev–Trinajstić information content (AvgIpc) is 3.12. The Bertz CT molecular complexity index is 1430. The Morgan fingerprint density at radius 3 is 2.00 bits per heavy atom. The number of Topliss-reactive ketones (excluding diaryl/α,β-unsaturated/α-hetero) is 1. The predicted octanol–water partition coefficient (Wildman–Crippen LogP) is 6.47. The number of benzene rings is 3. The molecule has 1 aliphatic carbocycles. The topological polar surface area (TPSA) is 87.3 Å². The summed E-state index contributed by atoms with van der Waals surface area (Å²) in [5, 5.41) is 7.20. The van der Waals surface area contributed by atoms with Gasteiger partial charge in [-0.15, -0.1) is 0 Å². The summed E-state index contributed by atoms with van der Waals surface area (Å²) in [4.78, 5) is 14.0. The van der Waals surface area contributed by atoms with Gasteiger partial charge in [-0.05, 0) is 59.9 Å². The Hall–Kier alpha value is -3.85. The monoisotopic (exact) mass is 594 g/mol. The average molecular weight is 595 g/mol. The van der Waals surface area contributed by atoms with Gasteiger partial charge in [-0.3, -0.25) is 4.79 Å². The first-order valence-corrected chi connectivity index (χ1v) is 13.3. The maximum absolute atomic E-state index is 14.0. The van der Waals surface area contributed by atoms with Gasteiger partial charge in [-0.1, -0.05) is 28.1 Å². The highest BCUT2D eigenvalue weighted by atomic mass is 79.9. The summed E-state index contributed by atoms with van der Waals surface area (Å²) in [6.07, 6.45) is 0.954. The normalized spacial score (nSPS) is 18.2. The molecule has 0 spiro atoms. The lowest BCUT2D eigenvalue weighted by atomic mass is 9.78. The number of halogens is 1. The van der Waals surface area contributed by atoms with Crippen LogP contribution in [0.25, 0.3) is 0 Å². The number of nitrogens with one attached hydrogen (secondary N) is 2. The molecular weight excluding hydrogens is 564 g/mol. The van der Waals surface area contributed by atoms with Crippen molar-refractivity contribution in [2.45, 2.75) is 24.8 Å². The fourth-order valence-corrected chi connectivity index (χ4v) is 5.94. The second-order valence-electron chi connectivity index (χ2n) is 9.36. The maximum atomic E-state index is 14.0. The first-order valence-electron chi connectivity index (χ1n) is 12.5. The minimum Gasteiger partial charge on any atom is -0.493 e. The zero-order valence-electron chi connectivity index (χ0n) is 22.5. The molecule has 0 bridgehead atoms. The maximum Gasteiger partial charge on any atom is 0.203 e. The van der Waals surface area contributed by atoms with E-state index in [1.165, 1.54) is 0 Å². The molecule has 5 rings (SSSR count). The van der Waals surface area contributed by atoms with Crippen molar-refractivity contribution in [3.8, 4) is 28.7 Å². The van der Waals surface area contributed by atoms with Crippen molar-refractivity contribution >= 4 is 33.1 Å². The number of allylic oxidation sites excluding steroid dienone is 1. The van der Waals surface area contributed by atoms with E-state index in [0.29, 0.717) is 47.2 Å². The van der Waals surface area contributed by atoms with Crippen LogP contribution in [0, 0.1) is 0 Å². The fraction of sp³-hybridized carbons (Fsp3) is 0.300. The van der Waals surface area contributed by atoms with Crippen LogP contribution in [0.15, 0.2) is 64.3 Å². The highest BCUT2D eigenvalue weighted by Crippen LogP contribution is 2.49. The van der Waals surface area contributed by atoms with Crippen LogP contribution < -0.4 is 34.3 Å². The van der Waals surface area contributed by atoms with Crippen LogP contribution >= 0.6 is 15.9 Å². The molecule has 9 heteroatoms. The number of carbonyl (C=O) groups excluding carboxylic acids is 1. The third-order valence-electron chi connectivity index (χ3n) is 7.28. The number of hydrogen-bond donors (Lipinski definition) is 2. The molecule has 0 saturated carbocycles. The largest absolute Gasteiger partial charge is 0.493 e. The van der Waals surface area contributed by atoms with Gasteiger partial charge in [0.15, 0.2) is 28.8 Å². The minimum absolute atomic E-state index is 0.0505. The van der Waals surface area contributed by atoms with Crippen molar-refractivity contribution in [1.29, 1.82) is 0 Å². The van der Waals surface area contributed by atoms with Gasteiger partial charge >= 0.3 is 0 Å². The van der Waals surface area contributed by atoms with E-state index in [2.05, 4.69) is 26.6 Å². The lowest BCUT2D eigenvalue weighted by Crippen LogP contribution is -2.27. The van der Waals surface area contributed by atoms with Crippen molar-refractivity contribution in [1.82, 2.24) is 0 Å². The van der Waals surface area contributed by atoms with Crippen molar-refractivity contribution in [2.75, 3.05) is 46.2 Å². The number of ether oxygens (including phenoxy) is 5. The van der Waals surface area contributed by atoms with E-state index in [-0.39, 0.29) is 11.7 Å². The van der Waals surface area contributed by atoms with Gasteiger partial charge in [0.05, 0.1) is 53.0 Å². The number of methoxy groups -OCH3 is 5. The Balaban J connectivity index is 1.63. The van der Waals surface area contributed by atoms with Gasteiger partial charge in [0.1, 0.15) is 0 Å². The third-order valence-corrected chi connectivity index (χ3v) is 7.97. The number of para-hydroxylation sites is 2. The van der Waals surface area contributed by atoms with Crippen LogP contribution in [-0.4, -0.2) is 41.3 Å². The molecule has 0 amide bonds. The third kappa shape index (κ3) is 4.87. The summed E-state index contributed by atoms with van der Waals surface area (Å²) in [6.45, 7) is 0. The van der Waals surface area contributed by atoms with Gasteiger partial charge in [-0.2, -0.15) is 0 Å². The number of hydrogen-bond acceptors (Lipinski definition) is 8. The van der Waals surface area contributed by atoms with E-state index >= 15 is 0 Å². The molecule has 2 atom stereocenters. The van der Waals surface area contributed by atoms with Crippen LogP contribution in [0.1, 0.15) is 35.9 Å². The van der Waals surface area contributed by atoms with Crippen LogP contribution in [0.2, 0.25) is 0 Å². The van der Waals surface area contributed by atoms with E-state index in [1.54, 1.807) is 35.5 Å². The van der Waals surface area contributed by atoms with Crippen LogP contribution in [0.4, 0.5) is 11.4 Å². The Kier molecular flexibility index (Phi) is 7.61. The second-order valence-corrected chi connectivity index (χ2v) is 10.2. The molecule has 8 nitrogen and oxygen atoms in total. The molecule has 2 N–H and O–H groups in total. The zero-order valence-corrected chi connectivity index (χ0v) is 24.1. The highest BCUT2D eigenvalue weighted by Gasteiger charge is 2.37. The quantitative estimate of drug-likeness (QED) is 0.322. The molecule has 3 aromatic carbocycles. The minimum atomic E-state index is -0.418. The Morgan fingerprint density at radius 1 is 0.769 bits per heavy atom. The van der Waals surface area contributed by atoms with Crippen molar-refractivity contribution in [3.05, 3.63) is 75.4 Å². The molecule has 1 aliphatic heterocycles. The molecule has 0 aromatic heterocycles. The summed E-state index contributed by atoms with van der Waals surface area (Å²) in [7, 11) is 7.96. The molecule has 2 unspecified atom stereocenters. The van der Waals surface area contributed by atoms with Gasteiger partial charge in [0.25, 0.3) is 0 Å². The van der Waals surface area contributed by atoms with E-state index in [9.17, 15) is 4.79 Å². The summed E-state index contributed by atoms with van der Waals surface area (Å²) in [6, 6.07) is 15.2. The van der Waals surface area contributed by atoms with Gasteiger partial charge in [-0.25, -0.2) is 0 Å². The summed E-state index contributed by atoms with van der Waals surface area (Å²) >= 11 is 3.71. The lowest BCUT2D eigenvalue weighted by Gasteiger charge is -2.31. The van der Waals surface area contributed by atoms with Gasteiger partial charge in [0, 0.05) is 22.2 Å². The number of anilines is 2. The number of ketones is 1. The summed E-state index contributed by atoms with van der Waals surface area (Å²) < 4.78 is 28.6. The van der Waals surface area contributed by atoms with Gasteiger partial charge < -0.3 is 34.3 Å². The van der Waals surface area contributed by atoms with E-state index in [4.69, 9.17) is 23.7 Å². The van der Waals surface area contributed by atoms with Crippen LogP contribution in [-0.2, 0) is 4.79 Å². The highest BCUT2D eigenvalue weighted by molar-refractivity contribution is 9.10. The number of fused-ring (bicyclic) bond motifs is 1. The van der Waals surface area contributed by atoms with E-state index < -0.39 is 6.04 Å². The first-order chi connectivity index (χ1) is 18.9. The first kappa shape index (κ1) is 26.7. The predicted molar refractivity (Wildman–Crippen MR) is 154 cm³/mol. The van der Waals surface area contributed by atoms with Crippen LogP contribution in [0.5, 0.6) is 28.7 Å². The molecule has 2 aliphatic rings. The fourth-order valence-electron chi connectivity index (χ4n) is 5.39. The molecule has 1 heterocycles. The molecule has 0 saturated heterocycles. The second kappa shape index (κ2) is 11.1. The van der Waals surface area contributed by atoms with E-state index in [0.717, 1.165) is 32.7 Å². The number of carbonyl (C=O) groups is 1. The standard InChI is InChI=1S/C30H31BrN2O6/c1-35-24-14-18(19(31)15-25(24)36-2)29-28-22(32-20-8-6-7-9-21(20)33-29)10-16(11-23(28)34)17-12-26(37-3)30(39-5)27(13-17)38-4/h6-9,12-16,29,32-33H,10-11H2,1-5H3. The SMILES string of the molecule is COc1cc(Br)c(C2Nc3ccccc3NC3=C2C(=O)CC(c2cc(OC)c(OC)c(OC)c2)C3)cc1OC. The Morgan fingerprint density at radius 2 is 1.38 bits per heavy atom. The molecule has 0 radical (unpaired) electrons.